The molecule has 1 aliphatic rings. The summed E-state index contributed by atoms with van der Waals surface area (Å²) in [6.07, 6.45) is 2.10. The van der Waals surface area contributed by atoms with Crippen LogP contribution in [0.15, 0.2) is 41.1 Å². The first kappa shape index (κ1) is 15.2. The molecule has 5 nitrogen and oxygen atoms in total. The van der Waals surface area contributed by atoms with Gasteiger partial charge in [0.2, 0.25) is 10.0 Å². The summed E-state index contributed by atoms with van der Waals surface area (Å²) >= 11 is 0. The van der Waals surface area contributed by atoms with Crippen LogP contribution in [0.4, 0.5) is 4.39 Å². The Balaban J connectivity index is 1.91. The average Bonchev–Trinajstić information content (AvgIpc) is 3.08. The van der Waals surface area contributed by atoms with Gasteiger partial charge in [0.15, 0.2) is 0 Å². The van der Waals surface area contributed by atoms with Crippen molar-refractivity contribution in [1.29, 1.82) is 0 Å². The molecule has 2 heterocycles. The Labute approximate surface area is 128 Å². The fourth-order valence-corrected chi connectivity index (χ4v) is 4.74. The van der Waals surface area contributed by atoms with Gasteiger partial charge in [-0.3, -0.25) is 0 Å². The molecule has 1 aliphatic heterocycles. The molecule has 1 aromatic carbocycles. The second kappa shape index (κ2) is 5.81. The van der Waals surface area contributed by atoms with Crippen LogP contribution in [0, 0.1) is 11.7 Å². The van der Waals surface area contributed by atoms with Crippen LogP contribution < -0.4 is 0 Å². The SMILES string of the molecule is C[C@@H]1CCN(S(=O)(=O)Cc2ccon2)[C@H]1c1cccc(F)c1. The third-order valence-corrected chi connectivity index (χ3v) is 5.81. The number of hydrogen-bond donors (Lipinski definition) is 0. The van der Waals surface area contributed by atoms with Gasteiger partial charge in [-0.25, -0.2) is 12.8 Å². The van der Waals surface area contributed by atoms with Crippen molar-refractivity contribution < 1.29 is 17.3 Å². The van der Waals surface area contributed by atoms with Crippen LogP contribution in [-0.2, 0) is 15.8 Å². The molecule has 0 radical (unpaired) electrons. The maximum atomic E-state index is 13.5. The Morgan fingerprint density at radius 1 is 1.41 bits per heavy atom. The fourth-order valence-electron chi connectivity index (χ4n) is 2.99. The van der Waals surface area contributed by atoms with Crippen molar-refractivity contribution in [3.05, 3.63) is 53.7 Å². The van der Waals surface area contributed by atoms with E-state index < -0.39 is 10.0 Å². The van der Waals surface area contributed by atoms with E-state index in [1.54, 1.807) is 12.1 Å². The van der Waals surface area contributed by atoms with Crippen LogP contribution in [0.2, 0.25) is 0 Å². The third-order valence-electron chi connectivity index (χ3n) is 4.02. The van der Waals surface area contributed by atoms with Gasteiger partial charge in [-0.1, -0.05) is 24.2 Å². The lowest BCUT2D eigenvalue weighted by molar-refractivity contribution is 0.354. The summed E-state index contributed by atoms with van der Waals surface area (Å²) in [7, 11) is -3.54. The van der Waals surface area contributed by atoms with Gasteiger partial charge in [0.05, 0.1) is 11.7 Å². The predicted molar refractivity (Wildman–Crippen MR) is 78.8 cm³/mol. The first-order valence-corrected chi connectivity index (χ1v) is 8.72. The monoisotopic (exact) mass is 324 g/mol. The molecular formula is C15H17FN2O3S. The topological polar surface area (TPSA) is 63.4 Å². The number of halogens is 1. The molecule has 118 valence electrons. The quantitative estimate of drug-likeness (QED) is 0.867. The molecule has 0 N–H and O–H groups in total. The van der Waals surface area contributed by atoms with Crippen molar-refractivity contribution >= 4 is 10.0 Å². The van der Waals surface area contributed by atoms with Crippen LogP contribution >= 0.6 is 0 Å². The molecule has 0 unspecified atom stereocenters. The van der Waals surface area contributed by atoms with Gasteiger partial charge in [0, 0.05) is 12.6 Å². The summed E-state index contributed by atoms with van der Waals surface area (Å²) in [4.78, 5) is 0. The maximum absolute atomic E-state index is 13.5. The van der Waals surface area contributed by atoms with Crippen molar-refractivity contribution in [2.24, 2.45) is 5.92 Å². The lowest BCUT2D eigenvalue weighted by Crippen LogP contribution is -2.33. The minimum Gasteiger partial charge on any atom is -0.364 e. The van der Waals surface area contributed by atoms with E-state index in [9.17, 15) is 12.8 Å². The molecule has 1 aromatic heterocycles. The third kappa shape index (κ3) is 2.91. The largest absolute Gasteiger partial charge is 0.364 e. The smallest absolute Gasteiger partial charge is 0.220 e. The van der Waals surface area contributed by atoms with Crippen molar-refractivity contribution in [3.8, 4) is 0 Å². The van der Waals surface area contributed by atoms with Gasteiger partial charge in [0.25, 0.3) is 0 Å². The van der Waals surface area contributed by atoms with Crippen LogP contribution in [-0.4, -0.2) is 24.4 Å². The number of aromatic nitrogens is 1. The van der Waals surface area contributed by atoms with E-state index in [1.807, 2.05) is 6.92 Å². The molecule has 1 saturated heterocycles. The number of benzene rings is 1. The number of rotatable bonds is 4. The van der Waals surface area contributed by atoms with Crippen LogP contribution in [0.25, 0.3) is 0 Å². The predicted octanol–water partition coefficient (Wildman–Crippen LogP) is 2.73. The zero-order valence-corrected chi connectivity index (χ0v) is 13.0. The number of nitrogens with zero attached hydrogens (tertiary/aromatic N) is 2. The van der Waals surface area contributed by atoms with Crippen molar-refractivity contribution in [2.75, 3.05) is 6.54 Å². The standard InChI is InChI=1S/C15H17FN2O3S/c1-11-5-7-18(15(11)12-3-2-4-13(16)9-12)22(19,20)10-14-6-8-21-17-14/h2-4,6,8-9,11,15H,5,7,10H2,1H3/t11-,15-/m1/s1. The molecule has 22 heavy (non-hydrogen) atoms. The maximum Gasteiger partial charge on any atom is 0.220 e. The summed E-state index contributed by atoms with van der Waals surface area (Å²) in [5.74, 6) is -0.429. The van der Waals surface area contributed by atoms with Gasteiger partial charge in [-0.05, 0) is 30.0 Å². The summed E-state index contributed by atoms with van der Waals surface area (Å²) in [6.45, 7) is 2.42. The Morgan fingerprint density at radius 2 is 2.23 bits per heavy atom. The van der Waals surface area contributed by atoms with Crippen molar-refractivity contribution in [3.63, 3.8) is 0 Å². The zero-order valence-electron chi connectivity index (χ0n) is 12.1. The molecule has 1 fully saturated rings. The summed E-state index contributed by atoms with van der Waals surface area (Å²) in [6, 6.07) is 7.34. The Kier molecular flexibility index (Phi) is 4.01. The zero-order chi connectivity index (χ0) is 15.7. The van der Waals surface area contributed by atoms with Gasteiger partial charge >= 0.3 is 0 Å². The lowest BCUT2D eigenvalue weighted by atomic mass is 9.96. The summed E-state index contributed by atoms with van der Waals surface area (Å²) < 4.78 is 45.0. The molecule has 2 atom stereocenters. The molecule has 7 heteroatoms. The highest BCUT2D eigenvalue weighted by atomic mass is 32.2. The van der Waals surface area contributed by atoms with E-state index in [2.05, 4.69) is 9.68 Å². The van der Waals surface area contributed by atoms with E-state index in [0.717, 1.165) is 6.42 Å². The Hall–Kier alpha value is -1.73. The average molecular weight is 324 g/mol. The highest BCUT2D eigenvalue weighted by Gasteiger charge is 2.40. The number of hydrogen-bond acceptors (Lipinski definition) is 4. The molecule has 3 rings (SSSR count). The Bertz CT molecular complexity index is 746. The number of sulfonamides is 1. The first-order chi connectivity index (χ1) is 10.5. The Morgan fingerprint density at radius 3 is 2.91 bits per heavy atom. The second-order valence-corrected chi connectivity index (χ2v) is 7.55. The highest BCUT2D eigenvalue weighted by Crippen LogP contribution is 2.39. The molecule has 2 aromatic rings. The van der Waals surface area contributed by atoms with Crippen LogP contribution in [0.5, 0.6) is 0 Å². The molecule has 0 amide bonds. The van der Waals surface area contributed by atoms with E-state index in [-0.39, 0.29) is 23.5 Å². The highest BCUT2D eigenvalue weighted by molar-refractivity contribution is 7.88. The van der Waals surface area contributed by atoms with Crippen molar-refractivity contribution in [1.82, 2.24) is 9.46 Å². The molecular weight excluding hydrogens is 307 g/mol. The van der Waals surface area contributed by atoms with Gasteiger partial charge in [-0.15, -0.1) is 0 Å². The van der Waals surface area contributed by atoms with Crippen molar-refractivity contribution in [2.45, 2.75) is 25.1 Å². The fraction of sp³-hybridized carbons (Fsp3) is 0.400. The van der Waals surface area contributed by atoms with E-state index in [1.165, 1.54) is 28.8 Å². The van der Waals surface area contributed by atoms with Gasteiger partial charge in [0.1, 0.15) is 17.8 Å². The van der Waals surface area contributed by atoms with E-state index in [0.29, 0.717) is 17.8 Å². The minimum atomic E-state index is -3.54. The summed E-state index contributed by atoms with van der Waals surface area (Å²) in [5, 5.41) is 3.66. The second-order valence-electron chi connectivity index (χ2n) is 5.62. The lowest BCUT2D eigenvalue weighted by Gasteiger charge is -2.26. The summed E-state index contributed by atoms with van der Waals surface area (Å²) in [5.41, 5.74) is 1.06. The normalized spacial score (nSPS) is 23.0. The first-order valence-electron chi connectivity index (χ1n) is 7.11. The van der Waals surface area contributed by atoms with Gasteiger partial charge in [-0.2, -0.15) is 4.31 Å². The minimum absolute atomic E-state index is 0.133. The molecule has 0 saturated carbocycles. The van der Waals surface area contributed by atoms with Crippen LogP contribution in [0.1, 0.15) is 30.6 Å². The van der Waals surface area contributed by atoms with Crippen LogP contribution in [0.3, 0.4) is 0 Å². The van der Waals surface area contributed by atoms with Gasteiger partial charge < -0.3 is 4.52 Å². The molecule has 0 bridgehead atoms. The molecule has 0 spiro atoms. The van der Waals surface area contributed by atoms with E-state index in [4.69, 9.17) is 0 Å². The van der Waals surface area contributed by atoms with E-state index >= 15 is 0 Å². The molecule has 0 aliphatic carbocycles.